The third kappa shape index (κ3) is 4.54. The Labute approximate surface area is 204 Å². The van der Waals surface area contributed by atoms with Gasteiger partial charge in [0.1, 0.15) is 16.9 Å². The molecule has 1 aliphatic rings. The number of nitrogens with two attached hydrogens (primary N) is 1. The number of aromatic nitrogens is 4. The van der Waals surface area contributed by atoms with Crippen LogP contribution in [-0.4, -0.2) is 56.9 Å². The summed E-state index contributed by atoms with van der Waals surface area (Å²) in [6, 6.07) is 15.8. The Morgan fingerprint density at radius 2 is 1.77 bits per heavy atom. The quantitative estimate of drug-likeness (QED) is 0.476. The van der Waals surface area contributed by atoms with Crippen LogP contribution >= 0.6 is 0 Å². The molecule has 4 aromatic rings. The van der Waals surface area contributed by atoms with Crippen molar-refractivity contribution >= 4 is 16.9 Å². The Morgan fingerprint density at radius 1 is 1.06 bits per heavy atom. The van der Waals surface area contributed by atoms with Gasteiger partial charge in [-0.2, -0.15) is 5.10 Å². The zero-order valence-corrected chi connectivity index (χ0v) is 20.4. The highest BCUT2D eigenvalue weighted by Gasteiger charge is 2.22. The number of carbonyl (C=O) groups excluding carboxylic acids is 1. The van der Waals surface area contributed by atoms with E-state index >= 15 is 0 Å². The highest BCUT2D eigenvalue weighted by molar-refractivity contribution is 5.97. The molecule has 0 unspecified atom stereocenters. The summed E-state index contributed by atoms with van der Waals surface area (Å²) in [6.07, 6.45) is 1.79. The van der Waals surface area contributed by atoms with Crippen molar-refractivity contribution in [2.24, 2.45) is 5.73 Å². The van der Waals surface area contributed by atoms with E-state index in [1.165, 1.54) is 0 Å². The number of benzene rings is 1. The second-order valence-corrected chi connectivity index (χ2v) is 9.36. The lowest BCUT2D eigenvalue weighted by molar-refractivity contribution is 0.0299. The van der Waals surface area contributed by atoms with Crippen molar-refractivity contribution < 1.29 is 9.53 Å². The maximum atomic E-state index is 13.0. The van der Waals surface area contributed by atoms with Crippen molar-refractivity contribution in [1.82, 2.24) is 24.6 Å². The molecule has 0 aliphatic carbocycles. The third-order valence-electron chi connectivity index (χ3n) is 6.37. The molecular formula is C27H30N6O2. The Kier molecular flexibility index (Phi) is 6.08. The van der Waals surface area contributed by atoms with Gasteiger partial charge in [0, 0.05) is 42.5 Å². The van der Waals surface area contributed by atoms with Gasteiger partial charge in [0.25, 0.3) is 5.91 Å². The zero-order valence-electron chi connectivity index (χ0n) is 20.4. The van der Waals surface area contributed by atoms with Gasteiger partial charge in [0.05, 0.1) is 24.4 Å². The first kappa shape index (κ1) is 23.1. The maximum Gasteiger partial charge on any atom is 0.272 e. The smallest absolute Gasteiger partial charge is 0.272 e. The van der Waals surface area contributed by atoms with E-state index in [0.717, 1.165) is 39.1 Å². The molecule has 0 radical (unpaired) electrons. The fraction of sp³-hybridized carbons (Fsp3) is 0.333. The summed E-state index contributed by atoms with van der Waals surface area (Å²) in [5, 5.41) is 4.82. The molecule has 1 amide bonds. The number of ether oxygens (including phenoxy) is 1. The van der Waals surface area contributed by atoms with E-state index in [1.54, 1.807) is 17.2 Å². The van der Waals surface area contributed by atoms with Gasteiger partial charge in [-0.1, -0.05) is 24.3 Å². The predicted octanol–water partition coefficient (Wildman–Crippen LogP) is 3.85. The fourth-order valence-electron chi connectivity index (χ4n) is 4.33. The number of rotatable bonds is 5. The van der Waals surface area contributed by atoms with E-state index in [0.29, 0.717) is 38.5 Å². The van der Waals surface area contributed by atoms with Crippen molar-refractivity contribution in [2.75, 3.05) is 26.3 Å². The minimum atomic E-state index is -0.439. The van der Waals surface area contributed by atoms with E-state index < -0.39 is 5.54 Å². The molecule has 2 N–H and O–H groups in total. The lowest BCUT2D eigenvalue weighted by Gasteiger charge is -2.26. The zero-order chi connectivity index (χ0) is 24.6. The minimum Gasteiger partial charge on any atom is -0.378 e. The van der Waals surface area contributed by atoms with Gasteiger partial charge in [-0.3, -0.25) is 14.5 Å². The topological polar surface area (TPSA) is 99.2 Å². The number of nitrogens with zero attached hydrogens (tertiary/aromatic N) is 5. The van der Waals surface area contributed by atoms with Crippen LogP contribution in [0, 0.1) is 0 Å². The first-order chi connectivity index (χ1) is 16.8. The average Bonchev–Trinajstić information content (AvgIpc) is 3.26. The van der Waals surface area contributed by atoms with Gasteiger partial charge in [-0.25, -0.2) is 4.98 Å². The average molecular weight is 471 g/mol. The molecular weight excluding hydrogens is 440 g/mol. The second kappa shape index (κ2) is 9.20. The van der Waals surface area contributed by atoms with Crippen molar-refractivity contribution in [3.8, 4) is 22.5 Å². The number of carbonyl (C=O) groups is 1. The Hall–Kier alpha value is -3.62. The van der Waals surface area contributed by atoms with E-state index in [-0.39, 0.29) is 5.91 Å². The summed E-state index contributed by atoms with van der Waals surface area (Å²) < 4.78 is 7.30. The molecule has 0 atom stereocenters. The standard InChI is InChI=1S/C27H30N6O2/c1-4-33-23-10-9-21(26(34)32-13-15-35-16-14-32)30-25(23)24(31-33)19-7-5-18(6-8-19)22-17-20(11-12-29-22)27(2,3)28/h5-12,17H,4,13-16,28H2,1-3H3. The van der Waals surface area contributed by atoms with Crippen LogP contribution < -0.4 is 5.73 Å². The van der Waals surface area contributed by atoms with Crippen LogP contribution in [-0.2, 0) is 16.8 Å². The van der Waals surface area contributed by atoms with Gasteiger partial charge in [-0.15, -0.1) is 0 Å². The molecule has 180 valence electrons. The van der Waals surface area contributed by atoms with Gasteiger partial charge < -0.3 is 15.4 Å². The summed E-state index contributed by atoms with van der Waals surface area (Å²) in [5.74, 6) is -0.0745. The predicted molar refractivity (Wildman–Crippen MR) is 136 cm³/mol. The summed E-state index contributed by atoms with van der Waals surface area (Å²) in [7, 11) is 0. The molecule has 0 bridgehead atoms. The normalized spacial score (nSPS) is 14.5. The molecule has 8 heteroatoms. The van der Waals surface area contributed by atoms with E-state index in [2.05, 4.69) is 4.98 Å². The van der Waals surface area contributed by atoms with Crippen molar-refractivity contribution in [2.45, 2.75) is 32.9 Å². The van der Waals surface area contributed by atoms with Gasteiger partial charge in [-0.05, 0) is 50.6 Å². The summed E-state index contributed by atoms with van der Waals surface area (Å²) in [6.45, 7) is 8.99. The molecule has 0 spiro atoms. The Balaban J connectivity index is 1.51. The summed E-state index contributed by atoms with van der Waals surface area (Å²) in [5.41, 5.74) is 12.5. The molecule has 3 aromatic heterocycles. The van der Waals surface area contributed by atoms with Crippen LogP contribution in [0.15, 0.2) is 54.7 Å². The van der Waals surface area contributed by atoms with Gasteiger partial charge in [0.15, 0.2) is 0 Å². The SMILES string of the molecule is CCn1nc(-c2ccc(-c3cc(C(C)(C)N)ccn3)cc2)c2nc(C(=O)N3CCOCC3)ccc21. The largest absolute Gasteiger partial charge is 0.378 e. The minimum absolute atomic E-state index is 0.0745. The number of hydrogen-bond acceptors (Lipinski definition) is 6. The van der Waals surface area contributed by atoms with E-state index in [9.17, 15) is 4.79 Å². The Morgan fingerprint density at radius 3 is 2.46 bits per heavy atom. The van der Waals surface area contributed by atoms with Crippen molar-refractivity contribution in [3.05, 3.63) is 66.0 Å². The molecule has 35 heavy (non-hydrogen) atoms. The first-order valence-electron chi connectivity index (χ1n) is 12.0. The number of hydrogen-bond donors (Lipinski definition) is 1. The number of aryl methyl sites for hydroxylation is 1. The molecule has 1 saturated heterocycles. The van der Waals surface area contributed by atoms with Crippen molar-refractivity contribution in [3.63, 3.8) is 0 Å². The van der Waals surface area contributed by atoms with Crippen LogP contribution in [0.2, 0.25) is 0 Å². The molecule has 1 aliphatic heterocycles. The summed E-state index contributed by atoms with van der Waals surface area (Å²) in [4.78, 5) is 24.1. The van der Waals surface area contributed by atoms with Crippen LogP contribution in [0.5, 0.6) is 0 Å². The van der Waals surface area contributed by atoms with Crippen LogP contribution in [0.4, 0.5) is 0 Å². The molecule has 4 heterocycles. The first-order valence-corrected chi connectivity index (χ1v) is 12.0. The van der Waals surface area contributed by atoms with Crippen molar-refractivity contribution in [1.29, 1.82) is 0 Å². The Bertz CT molecular complexity index is 1360. The lowest BCUT2D eigenvalue weighted by Crippen LogP contribution is -2.41. The molecule has 1 aromatic carbocycles. The number of amides is 1. The van der Waals surface area contributed by atoms with Gasteiger partial charge >= 0.3 is 0 Å². The lowest BCUT2D eigenvalue weighted by atomic mass is 9.95. The third-order valence-corrected chi connectivity index (χ3v) is 6.37. The van der Waals surface area contributed by atoms with Crippen LogP contribution in [0.3, 0.4) is 0 Å². The number of pyridine rings is 2. The van der Waals surface area contributed by atoms with Crippen LogP contribution in [0.1, 0.15) is 36.8 Å². The van der Waals surface area contributed by atoms with Gasteiger partial charge in [0.2, 0.25) is 0 Å². The number of morpholine rings is 1. The summed E-state index contributed by atoms with van der Waals surface area (Å²) >= 11 is 0. The monoisotopic (exact) mass is 470 g/mol. The highest BCUT2D eigenvalue weighted by atomic mass is 16.5. The van der Waals surface area contributed by atoms with Crippen LogP contribution in [0.25, 0.3) is 33.5 Å². The molecule has 8 nitrogen and oxygen atoms in total. The molecule has 1 fully saturated rings. The molecule has 0 saturated carbocycles. The maximum absolute atomic E-state index is 13.0. The molecule has 5 rings (SSSR count). The second-order valence-electron chi connectivity index (χ2n) is 9.36. The highest BCUT2D eigenvalue weighted by Crippen LogP contribution is 2.30. The number of fused-ring (bicyclic) bond motifs is 1. The van der Waals surface area contributed by atoms with E-state index in [1.807, 2.05) is 67.9 Å². The fourth-order valence-corrected chi connectivity index (χ4v) is 4.33. The van der Waals surface area contributed by atoms with E-state index in [4.69, 9.17) is 20.6 Å².